The van der Waals surface area contributed by atoms with Crippen LogP contribution in [-0.4, -0.2) is 17.6 Å². The summed E-state index contributed by atoms with van der Waals surface area (Å²) < 4.78 is 0. The number of carbonyl (C=O) groups is 1. The van der Waals surface area contributed by atoms with Gasteiger partial charge in [-0.2, -0.15) is 0 Å². The topological polar surface area (TPSA) is 49.3 Å². The third kappa shape index (κ3) is 2.54. The van der Waals surface area contributed by atoms with Gasteiger partial charge in [0.1, 0.15) is 5.54 Å². The average molecular weight is 238 g/mol. The fourth-order valence-electron chi connectivity index (χ4n) is 1.31. The number of carboxylic acids is 1. The highest BCUT2D eigenvalue weighted by Gasteiger charge is 2.34. The number of hydrogen-bond donors (Lipinski definition) is 2. The Kier molecular flexibility index (Phi) is 3.94. The van der Waals surface area contributed by atoms with Crippen molar-refractivity contribution in [2.75, 3.05) is 6.54 Å². The number of benzene rings is 1. The van der Waals surface area contributed by atoms with Gasteiger partial charge in [0.2, 0.25) is 0 Å². The molecule has 0 amide bonds. The van der Waals surface area contributed by atoms with Gasteiger partial charge in [-0.25, -0.2) is 4.79 Å². The summed E-state index contributed by atoms with van der Waals surface area (Å²) in [6, 6.07) is 6.63. The third-order valence-corrected chi connectivity index (χ3v) is 2.65. The van der Waals surface area contributed by atoms with Crippen LogP contribution in [0, 0.1) is 12.3 Å². The lowest BCUT2D eigenvalue weighted by atomic mass is 9.92. The molecule has 0 saturated carbocycles. The first-order chi connectivity index (χ1) is 7.50. The van der Waals surface area contributed by atoms with Crippen molar-refractivity contribution in [3.05, 3.63) is 34.9 Å². The molecule has 0 fully saturated rings. The van der Waals surface area contributed by atoms with E-state index >= 15 is 0 Å². The number of rotatable bonds is 4. The van der Waals surface area contributed by atoms with Crippen molar-refractivity contribution in [3.63, 3.8) is 0 Å². The number of carboxylic acid groups (broad SMARTS) is 1. The summed E-state index contributed by atoms with van der Waals surface area (Å²) in [4.78, 5) is 11.2. The van der Waals surface area contributed by atoms with E-state index in [1.165, 1.54) is 0 Å². The van der Waals surface area contributed by atoms with Gasteiger partial charge in [0, 0.05) is 5.02 Å². The van der Waals surface area contributed by atoms with Gasteiger partial charge in [-0.05, 0) is 24.6 Å². The SMILES string of the molecule is C#CCNC(C)(C(=O)O)c1ccc(Cl)cc1. The molecule has 1 unspecified atom stereocenters. The zero-order chi connectivity index (χ0) is 12.2. The van der Waals surface area contributed by atoms with E-state index in [2.05, 4.69) is 11.2 Å². The number of halogens is 1. The standard InChI is InChI=1S/C12H12ClNO2/c1-3-8-14-12(2,11(15)16)9-4-6-10(13)7-5-9/h1,4-7,14H,8H2,2H3,(H,15,16). The molecule has 84 valence electrons. The zero-order valence-corrected chi connectivity index (χ0v) is 9.58. The lowest BCUT2D eigenvalue weighted by molar-refractivity contribution is -0.144. The highest BCUT2D eigenvalue weighted by Crippen LogP contribution is 2.22. The summed E-state index contributed by atoms with van der Waals surface area (Å²) in [5.41, 5.74) is -0.587. The Labute approximate surface area is 99.4 Å². The first kappa shape index (κ1) is 12.6. The normalized spacial score (nSPS) is 13.8. The van der Waals surface area contributed by atoms with Gasteiger partial charge in [-0.1, -0.05) is 29.7 Å². The van der Waals surface area contributed by atoms with E-state index in [1.54, 1.807) is 31.2 Å². The Hall–Kier alpha value is -1.50. The van der Waals surface area contributed by atoms with Gasteiger partial charge in [0.05, 0.1) is 6.54 Å². The minimum absolute atomic E-state index is 0.186. The van der Waals surface area contributed by atoms with Crippen LogP contribution < -0.4 is 5.32 Å². The van der Waals surface area contributed by atoms with Gasteiger partial charge >= 0.3 is 5.97 Å². The Morgan fingerprint density at radius 3 is 2.56 bits per heavy atom. The molecule has 16 heavy (non-hydrogen) atoms. The quantitative estimate of drug-likeness (QED) is 0.786. The van der Waals surface area contributed by atoms with Crippen LogP contribution in [0.3, 0.4) is 0 Å². The largest absolute Gasteiger partial charge is 0.480 e. The molecule has 0 aliphatic rings. The van der Waals surface area contributed by atoms with E-state index in [0.29, 0.717) is 10.6 Å². The van der Waals surface area contributed by atoms with E-state index < -0.39 is 11.5 Å². The second kappa shape index (κ2) is 5.02. The molecule has 0 saturated heterocycles. The molecule has 1 atom stereocenters. The van der Waals surface area contributed by atoms with Gasteiger partial charge in [-0.3, -0.25) is 5.32 Å². The summed E-state index contributed by atoms with van der Waals surface area (Å²) >= 11 is 5.75. The lowest BCUT2D eigenvalue weighted by Gasteiger charge is -2.25. The maximum atomic E-state index is 11.2. The fraction of sp³-hybridized carbons (Fsp3) is 0.250. The van der Waals surface area contributed by atoms with E-state index in [1.807, 2.05) is 0 Å². The molecule has 2 N–H and O–H groups in total. The van der Waals surface area contributed by atoms with Crippen LogP contribution in [0.25, 0.3) is 0 Å². The molecule has 3 nitrogen and oxygen atoms in total. The van der Waals surface area contributed by atoms with Gasteiger partial charge < -0.3 is 5.11 Å². The molecule has 4 heteroatoms. The maximum Gasteiger partial charge on any atom is 0.328 e. The maximum absolute atomic E-state index is 11.2. The predicted molar refractivity (Wildman–Crippen MR) is 63.3 cm³/mol. The van der Waals surface area contributed by atoms with Crippen molar-refractivity contribution < 1.29 is 9.90 Å². The average Bonchev–Trinajstić information content (AvgIpc) is 2.26. The predicted octanol–water partition coefficient (Wildman–Crippen LogP) is 1.86. The van der Waals surface area contributed by atoms with Crippen molar-refractivity contribution in [1.29, 1.82) is 0 Å². The Morgan fingerprint density at radius 1 is 1.56 bits per heavy atom. The highest BCUT2D eigenvalue weighted by atomic mass is 35.5. The molecule has 0 heterocycles. The van der Waals surface area contributed by atoms with Crippen LogP contribution >= 0.6 is 11.6 Å². The van der Waals surface area contributed by atoms with Crippen LogP contribution in [0.5, 0.6) is 0 Å². The Balaban J connectivity index is 3.07. The molecule has 0 radical (unpaired) electrons. The first-order valence-corrected chi connectivity index (χ1v) is 5.06. The number of terminal acetylenes is 1. The monoisotopic (exact) mass is 237 g/mol. The second-order valence-electron chi connectivity index (χ2n) is 3.49. The Morgan fingerprint density at radius 2 is 2.12 bits per heavy atom. The van der Waals surface area contributed by atoms with E-state index in [4.69, 9.17) is 18.0 Å². The Bertz CT molecular complexity index is 422. The lowest BCUT2D eigenvalue weighted by Crippen LogP contribution is -2.46. The summed E-state index contributed by atoms with van der Waals surface area (Å²) in [5, 5.41) is 12.6. The minimum Gasteiger partial charge on any atom is -0.480 e. The van der Waals surface area contributed by atoms with Crippen LogP contribution in [0.15, 0.2) is 24.3 Å². The molecular weight excluding hydrogens is 226 g/mol. The zero-order valence-electron chi connectivity index (χ0n) is 8.83. The second-order valence-corrected chi connectivity index (χ2v) is 3.93. The third-order valence-electron chi connectivity index (χ3n) is 2.39. The van der Waals surface area contributed by atoms with Crippen molar-refractivity contribution in [1.82, 2.24) is 5.32 Å². The van der Waals surface area contributed by atoms with Crippen LogP contribution in [0.1, 0.15) is 12.5 Å². The molecule has 1 aromatic rings. The van der Waals surface area contributed by atoms with Crippen LogP contribution in [0.4, 0.5) is 0 Å². The molecule has 1 aromatic carbocycles. The number of aliphatic carboxylic acids is 1. The molecule has 1 rings (SSSR count). The molecule has 0 aromatic heterocycles. The van der Waals surface area contributed by atoms with Gasteiger partial charge in [0.25, 0.3) is 0 Å². The molecule has 0 aliphatic heterocycles. The van der Waals surface area contributed by atoms with Crippen molar-refractivity contribution in [2.24, 2.45) is 0 Å². The fourth-order valence-corrected chi connectivity index (χ4v) is 1.44. The van der Waals surface area contributed by atoms with Crippen molar-refractivity contribution in [2.45, 2.75) is 12.5 Å². The highest BCUT2D eigenvalue weighted by molar-refractivity contribution is 6.30. The summed E-state index contributed by atoms with van der Waals surface area (Å²) in [6.45, 7) is 1.75. The minimum atomic E-state index is -1.20. The number of hydrogen-bond acceptors (Lipinski definition) is 2. The van der Waals surface area contributed by atoms with E-state index in [9.17, 15) is 9.90 Å². The summed E-state index contributed by atoms with van der Waals surface area (Å²) in [7, 11) is 0. The van der Waals surface area contributed by atoms with E-state index in [0.717, 1.165) is 0 Å². The summed E-state index contributed by atoms with van der Waals surface area (Å²) in [5.74, 6) is 1.38. The summed E-state index contributed by atoms with van der Waals surface area (Å²) in [6.07, 6.45) is 5.11. The smallest absolute Gasteiger partial charge is 0.328 e. The van der Waals surface area contributed by atoms with Crippen molar-refractivity contribution >= 4 is 17.6 Å². The molecule has 0 aliphatic carbocycles. The van der Waals surface area contributed by atoms with Gasteiger partial charge in [-0.15, -0.1) is 6.42 Å². The molecule has 0 spiro atoms. The van der Waals surface area contributed by atoms with Crippen LogP contribution in [0.2, 0.25) is 5.02 Å². The van der Waals surface area contributed by atoms with Gasteiger partial charge in [0.15, 0.2) is 0 Å². The van der Waals surface area contributed by atoms with E-state index in [-0.39, 0.29) is 6.54 Å². The van der Waals surface area contributed by atoms with Crippen molar-refractivity contribution in [3.8, 4) is 12.3 Å². The first-order valence-electron chi connectivity index (χ1n) is 4.68. The van der Waals surface area contributed by atoms with Crippen LogP contribution in [-0.2, 0) is 10.3 Å². The molecule has 0 bridgehead atoms. The number of nitrogens with one attached hydrogen (secondary N) is 1. The molecular formula is C12H12ClNO2.